The first-order valence-corrected chi connectivity index (χ1v) is 7.35. The maximum atomic E-state index is 5.99. The van der Waals surface area contributed by atoms with Crippen molar-refractivity contribution in [3.05, 3.63) is 40.2 Å². The zero-order valence-corrected chi connectivity index (χ0v) is 12.3. The molecule has 0 aliphatic carbocycles. The minimum Gasteiger partial charge on any atom is -0.390 e. The van der Waals surface area contributed by atoms with E-state index in [0.717, 1.165) is 17.5 Å². The Balaban J connectivity index is 1.97. The molecule has 0 atom stereocenters. The van der Waals surface area contributed by atoms with Crippen LogP contribution in [-0.2, 0) is 6.42 Å². The Morgan fingerprint density at radius 2 is 2.05 bits per heavy atom. The molecular formula is C14H12ClN3OS. The van der Waals surface area contributed by atoms with Crippen molar-refractivity contribution in [3.8, 4) is 22.8 Å². The van der Waals surface area contributed by atoms with Gasteiger partial charge in [0.1, 0.15) is 0 Å². The van der Waals surface area contributed by atoms with Crippen molar-refractivity contribution in [1.29, 1.82) is 0 Å². The molecule has 0 spiro atoms. The molecule has 0 aliphatic heterocycles. The van der Waals surface area contributed by atoms with Crippen LogP contribution < -0.4 is 5.73 Å². The van der Waals surface area contributed by atoms with E-state index in [1.165, 1.54) is 4.88 Å². The molecule has 6 heteroatoms. The molecule has 3 aromatic rings. The van der Waals surface area contributed by atoms with Crippen molar-refractivity contribution in [2.75, 3.05) is 5.73 Å². The number of rotatable bonds is 3. The van der Waals surface area contributed by atoms with Crippen molar-refractivity contribution in [2.24, 2.45) is 0 Å². The van der Waals surface area contributed by atoms with Gasteiger partial charge in [0.2, 0.25) is 5.82 Å². The first-order chi connectivity index (χ1) is 9.67. The van der Waals surface area contributed by atoms with Gasteiger partial charge in [0.05, 0.1) is 10.6 Å². The molecular weight excluding hydrogens is 294 g/mol. The van der Waals surface area contributed by atoms with Crippen LogP contribution in [0.3, 0.4) is 0 Å². The maximum absolute atomic E-state index is 5.99. The largest absolute Gasteiger partial charge is 0.390 e. The smallest absolute Gasteiger partial charge is 0.261 e. The summed E-state index contributed by atoms with van der Waals surface area (Å²) in [7, 11) is 0. The highest BCUT2D eigenvalue weighted by molar-refractivity contribution is 7.16. The molecule has 0 aliphatic rings. The number of nitrogen functional groups attached to an aromatic ring is 1. The van der Waals surface area contributed by atoms with Crippen molar-refractivity contribution in [1.82, 2.24) is 10.1 Å². The fourth-order valence-electron chi connectivity index (χ4n) is 1.85. The van der Waals surface area contributed by atoms with Gasteiger partial charge in [-0.2, -0.15) is 4.98 Å². The molecule has 0 radical (unpaired) electrons. The van der Waals surface area contributed by atoms with Crippen LogP contribution in [0, 0.1) is 0 Å². The number of nitrogens with zero attached hydrogens (tertiary/aromatic N) is 2. The quantitative estimate of drug-likeness (QED) is 0.785. The number of hydrogen-bond donors (Lipinski definition) is 1. The summed E-state index contributed by atoms with van der Waals surface area (Å²) < 4.78 is 5.31. The number of benzene rings is 1. The van der Waals surface area contributed by atoms with E-state index in [1.807, 2.05) is 18.2 Å². The maximum Gasteiger partial charge on any atom is 0.261 e. The first kappa shape index (κ1) is 13.1. The summed E-state index contributed by atoms with van der Waals surface area (Å²) in [4.78, 5) is 5.59. The molecule has 1 aromatic carbocycles. The second kappa shape index (κ2) is 5.26. The number of anilines is 1. The van der Waals surface area contributed by atoms with Gasteiger partial charge in [-0.15, -0.1) is 11.3 Å². The lowest BCUT2D eigenvalue weighted by atomic mass is 10.2. The monoisotopic (exact) mass is 305 g/mol. The third kappa shape index (κ3) is 2.42. The topological polar surface area (TPSA) is 64.9 Å². The average molecular weight is 306 g/mol. The van der Waals surface area contributed by atoms with E-state index >= 15 is 0 Å². The Bertz CT molecular complexity index is 733. The van der Waals surface area contributed by atoms with Crippen molar-refractivity contribution in [3.63, 3.8) is 0 Å². The predicted molar refractivity (Wildman–Crippen MR) is 81.8 cm³/mol. The van der Waals surface area contributed by atoms with Gasteiger partial charge in [-0.3, -0.25) is 0 Å². The summed E-state index contributed by atoms with van der Waals surface area (Å²) in [5, 5.41) is 5.36. The summed E-state index contributed by atoms with van der Waals surface area (Å²) in [5.41, 5.74) is 7.65. The minimum absolute atomic E-state index is 0.448. The molecule has 2 aromatic heterocycles. The van der Waals surface area contributed by atoms with E-state index < -0.39 is 0 Å². The van der Waals surface area contributed by atoms with Gasteiger partial charge in [0.15, 0.2) is 0 Å². The van der Waals surface area contributed by atoms with Gasteiger partial charge in [-0.05, 0) is 36.8 Å². The van der Waals surface area contributed by atoms with Crippen LogP contribution in [-0.4, -0.2) is 10.1 Å². The van der Waals surface area contributed by atoms with E-state index in [9.17, 15) is 0 Å². The molecule has 0 unspecified atom stereocenters. The SMILES string of the molecule is CCc1cc(-c2nc(-c3ccc(Cl)cc3)no2)c(N)s1. The number of hydrogen-bond acceptors (Lipinski definition) is 5. The highest BCUT2D eigenvalue weighted by atomic mass is 35.5. The summed E-state index contributed by atoms with van der Waals surface area (Å²) in [5.74, 6) is 0.976. The van der Waals surface area contributed by atoms with Crippen LogP contribution in [0.25, 0.3) is 22.8 Å². The number of aromatic nitrogens is 2. The molecule has 0 fully saturated rings. The molecule has 2 N–H and O–H groups in total. The van der Waals surface area contributed by atoms with Gasteiger partial charge in [-0.25, -0.2) is 0 Å². The number of aryl methyl sites for hydroxylation is 1. The Morgan fingerprint density at radius 3 is 2.70 bits per heavy atom. The van der Waals surface area contributed by atoms with Crippen molar-refractivity contribution < 1.29 is 4.52 Å². The van der Waals surface area contributed by atoms with Gasteiger partial charge in [0.25, 0.3) is 5.89 Å². The fourth-order valence-corrected chi connectivity index (χ4v) is 2.83. The van der Waals surface area contributed by atoms with E-state index in [2.05, 4.69) is 17.1 Å². The van der Waals surface area contributed by atoms with Crippen molar-refractivity contribution in [2.45, 2.75) is 13.3 Å². The van der Waals surface area contributed by atoms with Crippen LogP contribution in [0.4, 0.5) is 5.00 Å². The summed E-state index contributed by atoms with van der Waals surface area (Å²) in [6.07, 6.45) is 0.938. The molecule has 20 heavy (non-hydrogen) atoms. The first-order valence-electron chi connectivity index (χ1n) is 6.15. The molecule has 4 nitrogen and oxygen atoms in total. The normalized spacial score (nSPS) is 10.9. The Labute approximate surface area is 125 Å². The highest BCUT2D eigenvalue weighted by Crippen LogP contribution is 2.34. The summed E-state index contributed by atoms with van der Waals surface area (Å²) >= 11 is 7.41. The zero-order chi connectivity index (χ0) is 14.1. The van der Waals surface area contributed by atoms with Gasteiger partial charge < -0.3 is 10.3 Å². The minimum atomic E-state index is 0.448. The average Bonchev–Trinajstić information content (AvgIpc) is 3.06. The van der Waals surface area contributed by atoms with Crippen LogP contribution >= 0.6 is 22.9 Å². The van der Waals surface area contributed by atoms with E-state index in [0.29, 0.717) is 21.7 Å². The molecule has 0 amide bonds. The van der Waals surface area contributed by atoms with Crippen molar-refractivity contribution >= 4 is 27.9 Å². The van der Waals surface area contributed by atoms with Gasteiger partial charge in [0, 0.05) is 15.5 Å². The molecule has 0 bridgehead atoms. The summed E-state index contributed by atoms with van der Waals surface area (Å²) in [6, 6.07) is 9.29. The number of thiophene rings is 1. The lowest BCUT2D eigenvalue weighted by molar-refractivity contribution is 0.432. The standard InChI is InChI=1S/C14H12ClN3OS/c1-2-10-7-11(12(16)20-10)14-17-13(18-19-14)8-3-5-9(15)6-4-8/h3-7H,2,16H2,1H3. The third-order valence-electron chi connectivity index (χ3n) is 2.92. The predicted octanol–water partition coefficient (Wildman–Crippen LogP) is 4.26. The van der Waals surface area contributed by atoms with Gasteiger partial charge in [-0.1, -0.05) is 23.7 Å². The van der Waals surface area contributed by atoms with E-state index in [4.69, 9.17) is 21.9 Å². The lowest BCUT2D eigenvalue weighted by Gasteiger charge is -1.93. The van der Waals surface area contributed by atoms with Crippen LogP contribution in [0.1, 0.15) is 11.8 Å². The number of nitrogens with two attached hydrogens (primary N) is 1. The Morgan fingerprint density at radius 1 is 1.30 bits per heavy atom. The third-order valence-corrected chi connectivity index (χ3v) is 4.28. The lowest BCUT2D eigenvalue weighted by Crippen LogP contribution is -1.84. The molecule has 2 heterocycles. The molecule has 102 valence electrons. The Hall–Kier alpha value is -1.85. The fraction of sp³-hybridized carbons (Fsp3) is 0.143. The highest BCUT2D eigenvalue weighted by Gasteiger charge is 2.15. The van der Waals surface area contributed by atoms with E-state index in [-0.39, 0.29) is 0 Å². The molecule has 0 saturated carbocycles. The summed E-state index contributed by atoms with van der Waals surface area (Å²) in [6.45, 7) is 2.09. The second-order valence-corrected chi connectivity index (χ2v) is 5.88. The van der Waals surface area contributed by atoms with Crippen LogP contribution in [0.15, 0.2) is 34.9 Å². The Kier molecular flexibility index (Phi) is 3.46. The van der Waals surface area contributed by atoms with E-state index in [1.54, 1.807) is 23.5 Å². The second-order valence-electron chi connectivity index (χ2n) is 4.27. The number of halogens is 1. The molecule has 3 rings (SSSR count). The van der Waals surface area contributed by atoms with Gasteiger partial charge >= 0.3 is 0 Å². The zero-order valence-electron chi connectivity index (χ0n) is 10.8. The molecule has 0 saturated heterocycles. The van der Waals surface area contributed by atoms with Crippen LogP contribution in [0.2, 0.25) is 5.02 Å². The van der Waals surface area contributed by atoms with Crippen LogP contribution in [0.5, 0.6) is 0 Å².